The van der Waals surface area contributed by atoms with Crippen LogP contribution in [0.15, 0.2) is 42.5 Å². The first kappa shape index (κ1) is 18.5. The SMILES string of the molecule is Oc1cc2cc(OCCN3CCC3)ccc2c2ccc(OCCN3CCC3)cc12. The molecule has 2 aliphatic rings. The third-order valence-electron chi connectivity index (χ3n) is 6.12. The van der Waals surface area contributed by atoms with Crippen LogP contribution in [-0.2, 0) is 0 Å². The fraction of sp³-hybridized carbons (Fsp3) is 0.417. The second kappa shape index (κ2) is 8.09. The van der Waals surface area contributed by atoms with Crippen molar-refractivity contribution in [3.05, 3.63) is 42.5 Å². The molecule has 0 bridgehead atoms. The number of rotatable bonds is 8. The van der Waals surface area contributed by atoms with E-state index in [1.807, 2.05) is 36.4 Å². The molecule has 0 radical (unpaired) electrons. The van der Waals surface area contributed by atoms with Crippen molar-refractivity contribution in [2.75, 3.05) is 52.5 Å². The molecule has 0 saturated carbocycles. The van der Waals surface area contributed by atoms with Crippen LogP contribution in [0.5, 0.6) is 17.2 Å². The lowest BCUT2D eigenvalue weighted by Crippen LogP contribution is -2.39. The summed E-state index contributed by atoms with van der Waals surface area (Å²) in [6, 6.07) is 13.9. The van der Waals surface area contributed by atoms with Gasteiger partial charge in [0.2, 0.25) is 0 Å². The molecule has 29 heavy (non-hydrogen) atoms. The average Bonchev–Trinajstić information content (AvgIpc) is 2.66. The fourth-order valence-electron chi connectivity index (χ4n) is 4.08. The van der Waals surface area contributed by atoms with Crippen molar-refractivity contribution in [2.24, 2.45) is 0 Å². The van der Waals surface area contributed by atoms with Gasteiger partial charge in [-0.2, -0.15) is 0 Å². The number of nitrogens with zero attached hydrogens (tertiary/aromatic N) is 2. The van der Waals surface area contributed by atoms with E-state index in [9.17, 15) is 5.11 Å². The smallest absolute Gasteiger partial charge is 0.124 e. The van der Waals surface area contributed by atoms with E-state index >= 15 is 0 Å². The zero-order valence-corrected chi connectivity index (χ0v) is 16.8. The van der Waals surface area contributed by atoms with E-state index in [4.69, 9.17) is 9.47 Å². The number of benzene rings is 3. The van der Waals surface area contributed by atoms with E-state index in [0.29, 0.717) is 13.2 Å². The summed E-state index contributed by atoms with van der Waals surface area (Å²) in [5.41, 5.74) is 0. The summed E-state index contributed by atoms with van der Waals surface area (Å²) in [5.74, 6) is 1.93. The lowest BCUT2D eigenvalue weighted by atomic mass is 10.0. The number of hydrogen-bond acceptors (Lipinski definition) is 5. The van der Waals surface area contributed by atoms with Gasteiger partial charge < -0.3 is 14.6 Å². The van der Waals surface area contributed by atoms with Crippen molar-refractivity contribution in [2.45, 2.75) is 12.8 Å². The molecule has 3 aromatic rings. The molecule has 0 aliphatic carbocycles. The number of hydrogen-bond donors (Lipinski definition) is 1. The molecule has 0 atom stereocenters. The van der Waals surface area contributed by atoms with Crippen molar-refractivity contribution in [1.82, 2.24) is 9.80 Å². The maximum Gasteiger partial charge on any atom is 0.124 e. The summed E-state index contributed by atoms with van der Waals surface area (Å²) >= 11 is 0. The number of ether oxygens (including phenoxy) is 2. The Kier molecular flexibility index (Phi) is 5.17. The van der Waals surface area contributed by atoms with E-state index in [2.05, 4.69) is 15.9 Å². The Morgan fingerprint density at radius 3 is 1.86 bits per heavy atom. The van der Waals surface area contributed by atoms with Gasteiger partial charge >= 0.3 is 0 Å². The Morgan fingerprint density at radius 2 is 1.28 bits per heavy atom. The largest absolute Gasteiger partial charge is 0.507 e. The van der Waals surface area contributed by atoms with Gasteiger partial charge in [0.05, 0.1) is 0 Å². The number of phenols is 1. The highest BCUT2D eigenvalue weighted by molar-refractivity contribution is 6.10. The van der Waals surface area contributed by atoms with E-state index in [1.165, 1.54) is 39.0 Å². The second-order valence-corrected chi connectivity index (χ2v) is 8.07. The van der Waals surface area contributed by atoms with Crippen LogP contribution >= 0.6 is 0 Å². The lowest BCUT2D eigenvalue weighted by molar-refractivity contribution is 0.147. The van der Waals surface area contributed by atoms with E-state index < -0.39 is 0 Å². The highest BCUT2D eigenvalue weighted by Crippen LogP contribution is 2.36. The predicted octanol–water partition coefficient (Wildman–Crippen LogP) is 3.87. The van der Waals surface area contributed by atoms with Crippen LogP contribution in [0.1, 0.15) is 12.8 Å². The molecule has 152 valence electrons. The summed E-state index contributed by atoms with van der Waals surface area (Å²) in [7, 11) is 0. The van der Waals surface area contributed by atoms with Crippen molar-refractivity contribution in [3.8, 4) is 17.2 Å². The minimum atomic E-state index is 0.276. The van der Waals surface area contributed by atoms with Crippen LogP contribution in [-0.4, -0.2) is 67.4 Å². The Balaban J connectivity index is 1.32. The van der Waals surface area contributed by atoms with Crippen molar-refractivity contribution in [1.29, 1.82) is 0 Å². The van der Waals surface area contributed by atoms with E-state index in [0.717, 1.165) is 46.1 Å². The summed E-state index contributed by atoms with van der Waals surface area (Å²) in [5, 5.41) is 14.6. The molecule has 5 heteroatoms. The molecule has 0 unspecified atom stereocenters. The number of likely N-dealkylation sites (tertiary alicyclic amines) is 2. The molecule has 3 aromatic carbocycles. The van der Waals surface area contributed by atoms with Crippen LogP contribution < -0.4 is 9.47 Å². The third-order valence-corrected chi connectivity index (χ3v) is 6.12. The first-order valence-electron chi connectivity index (χ1n) is 10.7. The Morgan fingerprint density at radius 1 is 0.690 bits per heavy atom. The van der Waals surface area contributed by atoms with Crippen LogP contribution in [0.2, 0.25) is 0 Å². The monoisotopic (exact) mass is 392 g/mol. The number of aromatic hydroxyl groups is 1. The predicted molar refractivity (Wildman–Crippen MR) is 116 cm³/mol. The third kappa shape index (κ3) is 3.98. The van der Waals surface area contributed by atoms with Gasteiger partial charge in [0.25, 0.3) is 0 Å². The Hall–Kier alpha value is -2.50. The summed E-state index contributed by atoms with van der Waals surface area (Å²) in [6.07, 6.45) is 2.59. The molecular formula is C24H28N2O3. The molecule has 2 aliphatic heterocycles. The quantitative estimate of drug-likeness (QED) is 0.590. The zero-order chi connectivity index (χ0) is 19.6. The van der Waals surface area contributed by atoms with E-state index in [-0.39, 0.29) is 5.75 Å². The molecule has 2 fully saturated rings. The lowest BCUT2D eigenvalue weighted by Gasteiger charge is -2.30. The summed E-state index contributed by atoms with van der Waals surface area (Å²) in [6.45, 7) is 8.04. The van der Waals surface area contributed by atoms with Crippen LogP contribution in [0.25, 0.3) is 21.5 Å². The molecule has 2 saturated heterocycles. The number of fused-ring (bicyclic) bond motifs is 3. The average molecular weight is 392 g/mol. The standard InChI is InChI=1S/C24H28N2O3/c27-24-16-18-15-19(28-13-11-25-7-1-8-25)3-5-21(18)22-6-4-20(17-23(22)24)29-14-12-26-9-2-10-26/h3-6,15-17,27H,1-2,7-14H2. The van der Waals surface area contributed by atoms with Crippen molar-refractivity contribution >= 4 is 21.5 Å². The Labute approximate surface area is 171 Å². The highest BCUT2D eigenvalue weighted by Gasteiger charge is 2.14. The van der Waals surface area contributed by atoms with Gasteiger partial charge in [0.1, 0.15) is 30.5 Å². The molecule has 2 heterocycles. The van der Waals surface area contributed by atoms with E-state index in [1.54, 1.807) is 0 Å². The second-order valence-electron chi connectivity index (χ2n) is 8.07. The van der Waals surface area contributed by atoms with Gasteiger partial charge in [-0.05, 0) is 91.6 Å². The normalized spacial score (nSPS) is 17.2. The van der Waals surface area contributed by atoms with Gasteiger partial charge in [0, 0.05) is 18.5 Å². The first-order valence-corrected chi connectivity index (χ1v) is 10.7. The molecule has 0 aromatic heterocycles. The van der Waals surface area contributed by atoms with Crippen LogP contribution in [0, 0.1) is 0 Å². The fourth-order valence-corrected chi connectivity index (χ4v) is 4.08. The van der Waals surface area contributed by atoms with Gasteiger partial charge in [-0.3, -0.25) is 9.80 Å². The van der Waals surface area contributed by atoms with Crippen LogP contribution in [0.4, 0.5) is 0 Å². The Bertz CT molecular complexity index is 1010. The molecular weight excluding hydrogens is 364 g/mol. The van der Waals surface area contributed by atoms with Gasteiger partial charge in [-0.25, -0.2) is 0 Å². The first-order chi connectivity index (χ1) is 14.3. The molecule has 1 N–H and O–H groups in total. The van der Waals surface area contributed by atoms with Crippen molar-refractivity contribution in [3.63, 3.8) is 0 Å². The highest BCUT2D eigenvalue weighted by atomic mass is 16.5. The minimum absolute atomic E-state index is 0.276. The van der Waals surface area contributed by atoms with Gasteiger partial charge in [-0.1, -0.05) is 6.07 Å². The molecule has 5 nitrogen and oxygen atoms in total. The minimum Gasteiger partial charge on any atom is -0.507 e. The zero-order valence-electron chi connectivity index (χ0n) is 16.8. The topological polar surface area (TPSA) is 45.2 Å². The number of phenolic OH excluding ortho intramolecular Hbond substituents is 1. The van der Waals surface area contributed by atoms with Gasteiger partial charge in [-0.15, -0.1) is 0 Å². The molecule has 5 rings (SSSR count). The maximum atomic E-state index is 10.6. The van der Waals surface area contributed by atoms with Crippen molar-refractivity contribution < 1.29 is 14.6 Å². The van der Waals surface area contributed by atoms with Gasteiger partial charge in [0.15, 0.2) is 0 Å². The maximum absolute atomic E-state index is 10.6. The van der Waals surface area contributed by atoms with Crippen LogP contribution in [0.3, 0.4) is 0 Å². The molecule has 0 amide bonds. The molecule has 0 spiro atoms. The summed E-state index contributed by atoms with van der Waals surface area (Å²) in [4.78, 5) is 4.78. The summed E-state index contributed by atoms with van der Waals surface area (Å²) < 4.78 is 11.8.